The Morgan fingerprint density at radius 3 is 2.68 bits per heavy atom. The molecule has 25 heavy (non-hydrogen) atoms. The highest BCUT2D eigenvalue weighted by molar-refractivity contribution is 7.19. The maximum absolute atomic E-state index is 14.0. The molecule has 0 aliphatic rings. The van der Waals surface area contributed by atoms with Crippen LogP contribution >= 0.6 is 22.9 Å². The summed E-state index contributed by atoms with van der Waals surface area (Å²) in [6.45, 7) is 1.29. The molecule has 3 rings (SSSR count). The van der Waals surface area contributed by atoms with Gasteiger partial charge in [0.1, 0.15) is 5.82 Å². The van der Waals surface area contributed by atoms with Crippen molar-refractivity contribution in [3.05, 3.63) is 62.6 Å². The van der Waals surface area contributed by atoms with Crippen molar-refractivity contribution in [2.75, 3.05) is 0 Å². The smallest absolute Gasteiger partial charge is 0.347 e. The van der Waals surface area contributed by atoms with Gasteiger partial charge in [-0.05, 0) is 25.1 Å². The van der Waals surface area contributed by atoms with Crippen molar-refractivity contribution in [2.24, 2.45) is 0 Å². The first-order valence-corrected chi connectivity index (χ1v) is 8.49. The first-order valence-electron chi connectivity index (χ1n) is 7.29. The van der Waals surface area contributed by atoms with E-state index in [1.807, 2.05) is 0 Å². The molecule has 3 aromatic rings. The average Bonchev–Trinajstić information content (AvgIpc) is 3.13. The van der Waals surface area contributed by atoms with Crippen LogP contribution in [0.15, 0.2) is 41.2 Å². The summed E-state index contributed by atoms with van der Waals surface area (Å²) in [7, 11) is 0. The number of carboxylic acid groups (broad SMARTS) is 1. The molecule has 6 nitrogen and oxygen atoms in total. The fraction of sp³-hybridized carbons (Fsp3) is 0.188. The van der Waals surface area contributed by atoms with Crippen molar-refractivity contribution in [3.63, 3.8) is 0 Å². The summed E-state index contributed by atoms with van der Waals surface area (Å²) in [6, 6.07) is 8.26. The van der Waals surface area contributed by atoms with Crippen molar-refractivity contribution in [2.45, 2.75) is 19.5 Å². The zero-order valence-corrected chi connectivity index (χ0v) is 14.6. The van der Waals surface area contributed by atoms with Crippen molar-refractivity contribution in [1.82, 2.24) is 14.3 Å². The average molecular weight is 382 g/mol. The Labute approximate surface area is 150 Å². The molecule has 0 aliphatic carbocycles. The van der Waals surface area contributed by atoms with Crippen molar-refractivity contribution in [1.29, 1.82) is 0 Å². The summed E-state index contributed by atoms with van der Waals surface area (Å²) in [5, 5.41) is 13.3. The summed E-state index contributed by atoms with van der Waals surface area (Å²) in [5.74, 6) is -1.39. The molecule has 2 aromatic heterocycles. The van der Waals surface area contributed by atoms with E-state index in [2.05, 4.69) is 5.10 Å². The van der Waals surface area contributed by atoms with E-state index in [1.54, 1.807) is 30.3 Å². The van der Waals surface area contributed by atoms with Gasteiger partial charge in [-0.1, -0.05) is 29.8 Å². The lowest BCUT2D eigenvalue weighted by Gasteiger charge is -2.06. The van der Waals surface area contributed by atoms with Gasteiger partial charge in [0.2, 0.25) is 0 Å². The first-order chi connectivity index (χ1) is 11.9. The van der Waals surface area contributed by atoms with E-state index in [4.69, 9.17) is 11.6 Å². The topological polar surface area (TPSA) is 77.1 Å². The fourth-order valence-electron chi connectivity index (χ4n) is 2.33. The van der Waals surface area contributed by atoms with Gasteiger partial charge in [-0.2, -0.15) is 4.68 Å². The van der Waals surface area contributed by atoms with Crippen LogP contribution in [0, 0.1) is 5.82 Å². The monoisotopic (exact) mass is 381 g/mol. The molecule has 0 fully saturated rings. The predicted octanol–water partition coefficient (Wildman–Crippen LogP) is 3.26. The zero-order valence-electron chi connectivity index (χ0n) is 13.0. The van der Waals surface area contributed by atoms with E-state index < -0.39 is 23.5 Å². The Bertz CT molecular complexity index is 995. The Balaban J connectivity index is 2.16. The van der Waals surface area contributed by atoms with Crippen molar-refractivity contribution < 1.29 is 14.3 Å². The third-order valence-electron chi connectivity index (χ3n) is 3.69. The van der Waals surface area contributed by atoms with E-state index in [-0.39, 0.29) is 12.4 Å². The highest BCUT2D eigenvalue weighted by Crippen LogP contribution is 2.30. The number of benzene rings is 1. The number of aliphatic carboxylic acids is 1. The number of thiophene rings is 1. The lowest BCUT2D eigenvalue weighted by molar-refractivity contribution is -0.140. The maximum atomic E-state index is 14.0. The third-order valence-corrected chi connectivity index (χ3v) is 4.92. The predicted molar refractivity (Wildman–Crippen MR) is 92.7 cm³/mol. The molecule has 0 saturated carbocycles. The molecule has 1 atom stereocenters. The van der Waals surface area contributed by atoms with Crippen LogP contribution in [0.1, 0.15) is 18.5 Å². The Morgan fingerprint density at radius 1 is 1.36 bits per heavy atom. The minimum atomic E-state index is -1.19. The lowest BCUT2D eigenvalue weighted by Crippen LogP contribution is -2.31. The number of hydrogen-bond donors (Lipinski definition) is 1. The van der Waals surface area contributed by atoms with Gasteiger partial charge in [0.05, 0.1) is 15.8 Å². The number of carbonyl (C=O) groups is 1. The van der Waals surface area contributed by atoms with Crippen molar-refractivity contribution >= 4 is 28.9 Å². The first kappa shape index (κ1) is 17.4. The number of halogens is 2. The molecule has 0 radical (unpaired) electrons. The van der Waals surface area contributed by atoms with Gasteiger partial charge in [0, 0.05) is 5.56 Å². The van der Waals surface area contributed by atoms with E-state index in [9.17, 15) is 19.1 Å². The van der Waals surface area contributed by atoms with Gasteiger partial charge < -0.3 is 5.11 Å². The van der Waals surface area contributed by atoms with Gasteiger partial charge in [-0.25, -0.2) is 14.0 Å². The number of rotatable bonds is 5. The Hall–Kier alpha value is -2.45. The number of aromatic nitrogens is 3. The summed E-state index contributed by atoms with van der Waals surface area (Å²) >= 11 is 7.15. The molecule has 0 aliphatic heterocycles. The van der Waals surface area contributed by atoms with Crippen LogP contribution in [0.5, 0.6) is 0 Å². The highest BCUT2D eigenvalue weighted by Gasteiger charge is 2.24. The van der Waals surface area contributed by atoms with E-state index in [0.717, 1.165) is 4.68 Å². The SMILES string of the molecule is CC(C(=O)O)n1nc(-c2ccc(Cl)s2)n(Cc2ccccc2F)c1=O. The van der Waals surface area contributed by atoms with Gasteiger partial charge in [0.15, 0.2) is 11.9 Å². The van der Waals surface area contributed by atoms with E-state index in [1.165, 1.54) is 28.9 Å². The fourth-order valence-corrected chi connectivity index (χ4v) is 3.36. The summed E-state index contributed by atoms with van der Waals surface area (Å²) in [5.41, 5.74) is -0.325. The number of carboxylic acids is 1. The third kappa shape index (κ3) is 3.35. The Morgan fingerprint density at radius 2 is 2.08 bits per heavy atom. The van der Waals surface area contributed by atoms with Gasteiger partial charge in [-0.3, -0.25) is 4.57 Å². The Kier molecular flexibility index (Phi) is 4.73. The quantitative estimate of drug-likeness (QED) is 0.735. The number of nitrogens with zero attached hydrogens (tertiary/aromatic N) is 3. The van der Waals surface area contributed by atoms with Gasteiger partial charge in [0.25, 0.3) is 0 Å². The van der Waals surface area contributed by atoms with Crippen molar-refractivity contribution in [3.8, 4) is 10.7 Å². The molecule has 130 valence electrons. The molecule has 0 bridgehead atoms. The molecule has 0 amide bonds. The minimum Gasteiger partial charge on any atom is -0.480 e. The summed E-state index contributed by atoms with van der Waals surface area (Å²) in [6.07, 6.45) is 0. The van der Waals surface area contributed by atoms with Crippen LogP contribution in [0.2, 0.25) is 4.34 Å². The summed E-state index contributed by atoms with van der Waals surface area (Å²) in [4.78, 5) is 24.5. The van der Waals surface area contributed by atoms with Crippen LogP contribution in [-0.2, 0) is 11.3 Å². The molecule has 0 saturated heterocycles. The van der Waals surface area contributed by atoms with Crippen LogP contribution < -0.4 is 5.69 Å². The second kappa shape index (κ2) is 6.81. The molecule has 1 N–H and O–H groups in total. The molecular formula is C16H13ClFN3O3S. The molecule has 1 aromatic carbocycles. The van der Waals surface area contributed by atoms with Gasteiger partial charge in [-0.15, -0.1) is 16.4 Å². The van der Waals surface area contributed by atoms with Crippen LogP contribution in [-0.4, -0.2) is 25.4 Å². The normalized spacial score (nSPS) is 12.3. The second-order valence-corrected chi connectivity index (χ2v) is 7.06. The second-order valence-electron chi connectivity index (χ2n) is 5.35. The van der Waals surface area contributed by atoms with E-state index >= 15 is 0 Å². The number of hydrogen-bond acceptors (Lipinski definition) is 4. The van der Waals surface area contributed by atoms with Crippen LogP contribution in [0.3, 0.4) is 0 Å². The largest absolute Gasteiger partial charge is 0.480 e. The van der Waals surface area contributed by atoms with E-state index in [0.29, 0.717) is 14.8 Å². The molecule has 0 spiro atoms. The minimum absolute atomic E-state index is 0.0668. The molecule has 1 unspecified atom stereocenters. The molecule has 2 heterocycles. The van der Waals surface area contributed by atoms with Crippen LogP contribution in [0.25, 0.3) is 10.7 Å². The standard InChI is InChI=1S/C16H13ClFN3O3S/c1-9(15(22)23)21-16(24)20(8-10-4-2-3-5-11(10)18)14(19-21)12-6-7-13(17)25-12/h2-7,9H,8H2,1H3,(H,22,23). The molecule has 9 heteroatoms. The highest BCUT2D eigenvalue weighted by atomic mass is 35.5. The maximum Gasteiger partial charge on any atom is 0.347 e. The lowest BCUT2D eigenvalue weighted by atomic mass is 10.2. The zero-order chi connectivity index (χ0) is 18.1. The summed E-state index contributed by atoms with van der Waals surface area (Å²) < 4.78 is 16.6. The van der Waals surface area contributed by atoms with Gasteiger partial charge >= 0.3 is 11.7 Å². The van der Waals surface area contributed by atoms with Crippen LogP contribution in [0.4, 0.5) is 4.39 Å². The molecular weight excluding hydrogens is 369 g/mol.